The topological polar surface area (TPSA) is 83.7 Å². The zero-order chi connectivity index (χ0) is 19.5. The first-order valence-electron chi connectivity index (χ1n) is 8.30. The van der Waals surface area contributed by atoms with Gasteiger partial charge in [-0.25, -0.2) is 9.78 Å². The van der Waals surface area contributed by atoms with Crippen LogP contribution in [0.1, 0.15) is 54.9 Å². The van der Waals surface area contributed by atoms with Crippen LogP contribution in [0.2, 0.25) is 0 Å². The van der Waals surface area contributed by atoms with Gasteiger partial charge in [0, 0.05) is 6.20 Å². The van der Waals surface area contributed by atoms with Crippen LogP contribution in [0, 0.1) is 0 Å². The Balaban J connectivity index is 2.45. The molecule has 9 heteroatoms. The number of unbranched alkanes of at least 4 members (excludes halogenated alkanes) is 1. The number of carboxylic acid groups (broad SMARTS) is 1. The smallest absolute Gasteiger partial charge is 0.417 e. The molecule has 2 N–H and O–H groups in total. The van der Waals surface area contributed by atoms with E-state index in [2.05, 4.69) is 10.3 Å². The lowest BCUT2D eigenvalue weighted by atomic mass is 10.1. The van der Waals surface area contributed by atoms with Gasteiger partial charge in [-0.2, -0.15) is 13.2 Å². The van der Waals surface area contributed by atoms with Crippen LogP contribution in [0.5, 0.6) is 0 Å². The molecule has 0 spiro atoms. The Kier molecular flexibility index (Phi) is 5.89. The molecule has 0 radical (unpaired) electrons. The third-order valence-corrected chi connectivity index (χ3v) is 4.02. The molecule has 26 heavy (non-hydrogen) atoms. The van der Waals surface area contributed by atoms with E-state index < -0.39 is 29.7 Å². The second kappa shape index (κ2) is 7.76. The molecule has 2 heterocycles. The third-order valence-electron chi connectivity index (χ3n) is 4.02. The number of aryl methyl sites for hydroxylation is 1. The number of carbonyl (C=O) groups excluding carboxylic acids is 1. The molecule has 2 aromatic heterocycles. The summed E-state index contributed by atoms with van der Waals surface area (Å²) < 4.78 is 40.0. The Morgan fingerprint density at radius 2 is 2.00 bits per heavy atom. The zero-order valence-electron chi connectivity index (χ0n) is 14.4. The van der Waals surface area contributed by atoms with E-state index in [1.165, 1.54) is 6.07 Å². The summed E-state index contributed by atoms with van der Waals surface area (Å²) in [6.07, 6.45) is -1.85. The summed E-state index contributed by atoms with van der Waals surface area (Å²) in [6.45, 7) is 3.61. The number of aromatic nitrogens is 2. The van der Waals surface area contributed by atoms with Crippen molar-refractivity contribution in [3.05, 3.63) is 35.3 Å². The number of nitrogens with zero attached hydrogens (tertiary/aromatic N) is 2. The standard InChI is InChI=1S/C17H20F3N3O3/c1-3-5-6-12(16(25)26)22-15(24)14-11(4-2)21-13-8-7-10(9-23(13)14)17(18,19)20/h7-9,12H,3-6H2,1-2H3,(H,22,24)(H,25,26). The number of carboxylic acids is 1. The van der Waals surface area contributed by atoms with Gasteiger partial charge in [0.25, 0.3) is 5.91 Å². The zero-order valence-corrected chi connectivity index (χ0v) is 14.4. The second-order valence-corrected chi connectivity index (χ2v) is 5.91. The fraction of sp³-hybridized carbons (Fsp3) is 0.471. The average Bonchev–Trinajstić information content (AvgIpc) is 2.95. The Labute approximate surface area is 148 Å². The van der Waals surface area contributed by atoms with Gasteiger partial charge in [0.05, 0.1) is 11.3 Å². The number of hydrogen-bond donors (Lipinski definition) is 2. The minimum atomic E-state index is -4.57. The lowest BCUT2D eigenvalue weighted by Crippen LogP contribution is -2.41. The molecule has 0 aliphatic heterocycles. The van der Waals surface area contributed by atoms with Gasteiger partial charge < -0.3 is 10.4 Å². The van der Waals surface area contributed by atoms with E-state index in [4.69, 9.17) is 0 Å². The van der Waals surface area contributed by atoms with Gasteiger partial charge >= 0.3 is 12.1 Å². The number of nitrogens with one attached hydrogen (secondary N) is 1. The van der Waals surface area contributed by atoms with Gasteiger partial charge in [-0.05, 0) is 25.0 Å². The van der Waals surface area contributed by atoms with E-state index in [0.29, 0.717) is 18.5 Å². The predicted molar refractivity (Wildman–Crippen MR) is 88.0 cm³/mol. The highest BCUT2D eigenvalue weighted by atomic mass is 19.4. The molecule has 0 aliphatic carbocycles. The van der Waals surface area contributed by atoms with Gasteiger partial charge in [-0.1, -0.05) is 26.7 Å². The maximum Gasteiger partial charge on any atom is 0.417 e. The van der Waals surface area contributed by atoms with E-state index in [1.807, 2.05) is 6.92 Å². The number of fused-ring (bicyclic) bond motifs is 1. The van der Waals surface area contributed by atoms with Crippen molar-refractivity contribution in [3.8, 4) is 0 Å². The van der Waals surface area contributed by atoms with E-state index in [-0.39, 0.29) is 17.8 Å². The summed E-state index contributed by atoms with van der Waals surface area (Å²) in [7, 11) is 0. The molecule has 1 unspecified atom stereocenters. The van der Waals surface area contributed by atoms with Crippen LogP contribution in [0.3, 0.4) is 0 Å². The number of amides is 1. The molecule has 0 saturated carbocycles. The van der Waals surface area contributed by atoms with Crippen molar-refractivity contribution < 1.29 is 27.9 Å². The van der Waals surface area contributed by atoms with Crippen LogP contribution in [0.15, 0.2) is 18.3 Å². The Morgan fingerprint density at radius 1 is 1.31 bits per heavy atom. The molecule has 0 bridgehead atoms. The largest absolute Gasteiger partial charge is 0.480 e. The van der Waals surface area contributed by atoms with E-state index in [1.54, 1.807) is 6.92 Å². The number of aliphatic carboxylic acids is 1. The Hall–Kier alpha value is -2.58. The molecular formula is C17H20F3N3O3. The predicted octanol–water partition coefficient (Wildman–Crippen LogP) is 3.29. The van der Waals surface area contributed by atoms with Crippen molar-refractivity contribution >= 4 is 17.5 Å². The van der Waals surface area contributed by atoms with Gasteiger partial charge in [-0.3, -0.25) is 9.20 Å². The first kappa shape index (κ1) is 19.7. The molecule has 2 aromatic rings. The molecule has 0 aliphatic rings. The van der Waals surface area contributed by atoms with Crippen molar-refractivity contribution in [2.45, 2.75) is 51.7 Å². The Bertz CT molecular complexity index is 815. The number of carbonyl (C=O) groups is 2. The van der Waals surface area contributed by atoms with Crippen LogP contribution >= 0.6 is 0 Å². The Morgan fingerprint density at radius 3 is 2.54 bits per heavy atom. The summed E-state index contributed by atoms with van der Waals surface area (Å²) >= 11 is 0. The van der Waals surface area contributed by atoms with Crippen molar-refractivity contribution in [2.75, 3.05) is 0 Å². The molecule has 0 saturated heterocycles. The van der Waals surface area contributed by atoms with Crippen molar-refractivity contribution in [1.82, 2.24) is 14.7 Å². The monoisotopic (exact) mass is 371 g/mol. The maximum atomic E-state index is 13.0. The van der Waals surface area contributed by atoms with Crippen molar-refractivity contribution in [3.63, 3.8) is 0 Å². The molecule has 142 valence electrons. The molecule has 2 rings (SSSR count). The summed E-state index contributed by atoms with van der Waals surface area (Å²) in [5.41, 5.74) is -0.488. The summed E-state index contributed by atoms with van der Waals surface area (Å²) in [4.78, 5) is 28.1. The van der Waals surface area contributed by atoms with Crippen LogP contribution in [0.4, 0.5) is 13.2 Å². The molecule has 0 aromatic carbocycles. The molecule has 1 amide bonds. The third kappa shape index (κ3) is 4.14. The molecule has 1 atom stereocenters. The first-order chi connectivity index (χ1) is 12.2. The number of pyridine rings is 1. The van der Waals surface area contributed by atoms with Gasteiger partial charge in [0.15, 0.2) is 0 Å². The number of hydrogen-bond acceptors (Lipinski definition) is 3. The molecular weight excluding hydrogens is 351 g/mol. The highest BCUT2D eigenvalue weighted by Crippen LogP contribution is 2.30. The van der Waals surface area contributed by atoms with E-state index >= 15 is 0 Å². The minimum Gasteiger partial charge on any atom is -0.480 e. The maximum absolute atomic E-state index is 13.0. The molecule has 6 nitrogen and oxygen atoms in total. The quantitative estimate of drug-likeness (QED) is 0.782. The van der Waals surface area contributed by atoms with Gasteiger partial charge in [0.2, 0.25) is 0 Å². The van der Waals surface area contributed by atoms with E-state index in [9.17, 15) is 27.9 Å². The average molecular weight is 371 g/mol. The molecule has 0 fully saturated rings. The van der Waals surface area contributed by atoms with Crippen molar-refractivity contribution in [1.29, 1.82) is 0 Å². The van der Waals surface area contributed by atoms with E-state index in [0.717, 1.165) is 23.1 Å². The van der Waals surface area contributed by atoms with Crippen LogP contribution in [0.25, 0.3) is 5.65 Å². The lowest BCUT2D eigenvalue weighted by Gasteiger charge is -2.15. The lowest BCUT2D eigenvalue weighted by molar-refractivity contribution is -0.139. The second-order valence-electron chi connectivity index (χ2n) is 5.91. The van der Waals surface area contributed by atoms with Crippen LogP contribution in [-0.4, -0.2) is 32.4 Å². The number of halogens is 3. The van der Waals surface area contributed by atoms with Crippen LogP contribution < -0.4 is 5.32 Å². The minimum absolute atomic E-state index is 0.0728. The highest BCUT2D eigenvalue weighted by molar-refractivity contribution is 5.97. The van der Waals surface area contributed by atoms with Gasteiger partial charge in [-0.15, -0.1) is 0 Å². The fourth-order valence-electron chi connectivity index (χ4n) is 2.64. The first-order valence-corrected chi connectivity index (χ1v) is 8.30. The van der Waals surface area contributed by atoms with Crippen LogP contribution in [-0.2, 0) is 17.4 Å². The summed E-state index contributed by atoms with van der Waals surface area (Å²) in [5.74, 6) is -1.94. The SMILES string of the molecule is CCCCC(NC(=O)c1c(CC)nc2ccc(C(F)(F)F)cn12)C(=O)O. The summed E-state index contributed by atoms with van der Waals surface area (Å²) in [6, 6.07) is 0.971. The fourth-order valence-corrected chi connectivity index (χ4v) is 2.64. The van der Waals surface area contributed by atoms with Gasteiger partial charge in [0.1, 0.15) is 17.4 Å². The van der Waals surface area contributed by atoms with Crippen molar-refractivity contribution in [2.24, 2.45) is 0 Å². The number of rotatable bonds is 7. The summed E-state index contributed by atoms with van der Waals surface area (Å²) in [5, 5.41) is 11.6. The normalized spacial score (nSPS) is 13.0. The number of alkyl halides is 3. The highest BCUT2D eigenvalue weighted by Gasteiger charge is 2.32. The number of imidazole rings is 1.